The summed E-state index contributed by atoms with van der Waals surface area (Å²) in [7, 11) is 3.02. The van der Waals surface area contributed by atoms with Gasteiger partial charge in [-0.3, -0.25) is 19.1 Å². The molecule has 29 heavy (non-hydrogen) atoms. The number of ketones is 1. The molecule has 2 amide bonds. The highest BCUT2D eigenvalue weighted by Crippen LogP contribution is 2.20. The van der Waals surface area contributed by atoms with Crippen LogP contribution >= 0.6 is 11.6 Å². The van der Waals surface area contributed by atoms with Gasteiger partial charge in [-0.05, 0) is 26.0 Å². The number of nitrogens with zero attached hydrogens (tertiary/aromatic N) is 3. The molecule has 154 valence electrons. The van der Waals surface area contributed by atoms with Crippen LogP contribution in [-0.4, -0.2) is 58.4 Å². The van der Waals surface area contributed by atoms with Crippen molar-refractivity contribution < 1.29 is 23.9 Å². The Balaban J connectivity index is 1.87. The summed E-state index contributed by atoms with van der Waals surface area (Å²) in [4.78, 5) is 49.5. The second-order valence-corrected chi connectivity index (χ2v) is 6.76. The zero-order valence-corrected chi connectivity index (χ0v) is 17.2. The Morgan fingerprint density at radius 1 is 1.21 bits per heavy atom. The van der Waals surface area contributed by atoms with Crippen LogP contribution in [0.25, 0.3) is 0 Å². The molecule has 1 aromatic carbocycles. The maximum Gasteiger partial charge on any atom is 0.380 e. The molecule has 0 aliphatic rings. The van der Waals surface area contributed by atoms with Crippen molar-refractivity contribution in [2.45, 2.75) is 13.8 Å². The quantitative estimate of drug-likeness (QED) is 0.413. The third-order valence-corrected chi connectivity index (χ3v) is 4.53. The molecule has 1 N–H and O–H groups in total. The molecule has 0 spiro atoms. The number of carbonyl (C=O) groups excluding carboxylic acids is 4. The van der Waals surface area contributed by atoms with Crippen molar-refractivity contribution in [1.82, 2.24) is 14.7 Å². The molecule has 0 atom stereocenters. The number of esters is 1. The van der Waals surface area contributed by atoms with Crippen LogP contribution in [0.15, 0.2) is 24.3 Å². The number of aromatic nitrogens is 2. The van der Waals surface area contributed by atoms with Gasteiger partial charge in [0.05, 0.1) is 28.5 Å². The van der Waals surface area contributed by atoms with Gasteiger partial charge in [0.15, 0.2) is 6.61 Å². The summed E-state index contributed by atoms with van der Waals surface area (Å²) in [6.45, 7) is 2.30. The molecule has 0 fully saturated rings. The number of hydrogen-bond donors (Lipinski definition) is 1. The highest BCUT2D eigenvalue weighted by molar-refractivity contribution is 6.41. The number of anilines is 1. The number of nitrogens with one attached hydrogen (secondary N) is 1. The van der Waals surface area contributed by atoms with E-state index in [1.807, 2.05) is 0 Å². The number of hydrogen-bond acceptors (Lipinski definition) is 6. The molecule has 0 radical (unpaired) electrons. The van der Waals surface area contributed by atoms with E-state index in [4.69, 9.17) is 16.3 Å². The van der Waals surface area contributed by atoms with E-state index in [0.29, 0.717) is 22.1 Å². The SMILES string of the molecule is Cc1nn(C)c(C)c1C(=O)C(=O)OCC(=O)N(C)CC(=O)Nc1ccccc1Cl. The second kappa shape index (κ2) is 9.33. The van der Waals surface area contributed by atoms with Crippen molar-refractivity contribution >= 4 is 40.9 Å². The van der Waals surface area contributed by atoms with Gasteiger partial charge in [-0.25, -0.2) is 4.79 Å². The number of rotatable bonds is 7. The summed E-state index contributed by atoms with van der Waals surface area (Å²) >= 11 is 5.97. The monoisotopic (exact) mass is 420 g/mol. The average molecular weight is 421 g/mol. The molecule has 10 heteroatoms. The van der Waals surface area contributed by atoms with Crippen molar-refractivity contribution in [2.75, 3.05) is 25.5 Å². The van der Waals surface area contributed by atoms with Gasteiger partial charge in [0.2, 0.25) is 5.91 Å². The molecule has 9 nitrogen and oxygen atoms in total. The van der Waals surface area contributed by atoms with Gasteiger partial charge in [-0.15, -0.1) is 0 Å². The minimum absolute atomic E-state index is 0.150. The predicted molar refractivity (Wildman–Crippen MR) is 106 cm³/mol. The van der Waals surface area contributed by atoms with E-state index in [2.05, 4.69) is 10.4 Å². The van der Waals surface area contributed by atoms with Crippen LogP contribution in [0.1, 0.15) is 21.7 Å². The van der Waals surface area contributed by atoms with Gasteiger partial charge < -0.3 is 15.0 Å². The first-order valence-electron chi connectivity index (χ1n) is 8.61. The Kier molecular flexibility index (Phi) is 7.11. The first kappa shape index (κ1) is 22.1. The van der Waals surface area contributed by atoms with Crippen LogP contribution in [-0.2, 0) is 26.2 Å². The van der Waals surface area contributed by atoms with Crippen molar-refractivity contribution in [3.63, 3.8) is 0 Å². The Morgan fingerprint density at radius 2 is 1.86 bits per heavy atom. The van der Waals surface area contributed by atoms with Crippen molar-refractivity contribution in [3.8, 4) is 0 Å². The van der Waals surface area contributed by atoms with Gasteiger partial charge in [0.25, 0.3) is 11.7 Å². The highest BCUT2D eigenvalue weighted by atomic mass is 35.5. The summed E-state index contributed by atoms with van der Waals surface area (Å²) in [5.41, 5.74) is 1.48. The van der Waals surface area contributed by atoms with Crippen molar-refractivity contribution in [2.24, 2.45) is 7.05 Å². The molecular weight excluding hydrogens is 400 g/mol. The molecule has 0 unspecified atom stereocenters. The van der Waals surface area contributed by atoms with Crippen molar-refractivity contribution in [3.05, 3.63) is 46.2 Å². The van der Waals surface area contributed by atoms with Gasteiger partial charge in [-0.2, -0.15) is 5.10 Å². The normalized spacial score (nSPS) is 10.4. The molecule has 1 aromatic heterocycles. The van der Waals surface area contributed by atoms with Crippen LogP contribution in [0.2, 0.25) is 5.02 Å². The van der Waals surface area contributed by atoms with E-state index in [1.54, 1.807) is 45.2 Å². The van der Waals surface area contributed by atoms with E-state index in [0.717, 1.165) is 4.90 Å². The second-order valence-electron chi connectivity index (χ2n) is 6.35. The zero-order valence-electron chi connectivity index (χ0n) is 16.5. The standard InChI is InChI=1S/C19H21ClN4O5/c1-11-17(12(2)24(4)22-11)18(27)19(28)29-10-16(26)23(3)9-15(25)21-14-8-6-5-7-13(14)20/h5-8H,9-10H2,1-4H3,(H,21,25). The van der Waals surface area contributed by atoms with E-state index in [1.165, 1.54) is 11.7 Å². The van der Waals surface area contributed by atoms with E-state index >= 15 is 0 Å². The lowest BCUT2D eigenvalue weighted by Crippen LogP contribution is -2.38. The maximum absolute atomic E-state index is 12.3. The maximum atomic E-state index is 12.3. The van der Waals surface area contributed by atoms with E-state index < -0.39 is 30.2 Å². The minimum Gasteiger partial charge on any atom is -0.450 e. The van der Waals surface area contributed by atoms with E-state index in [9.17, 15) is 19.2 Å². The predicted octanol–water partition coefficient (Wildman–Crippen LogP) is 1.51. The summed E-state index contributed by atoms with van der Waals surface area (Å²) < 4.78 is 6.29. The first-order chi connectivity index (χ1) is 13.6. The van der Waals surface area contributed by atoms with Crippen LogP contribution in [0, 0.1) is 13.8 Å². The molecule has 2 aromatic rings. The number of benzene rings is 1. The average Bonchev–Trinajstić information content (AvgIpc) is 2.92. The number of aryl methyl sites for hydroxylation is 2. The number of amides is 2. The Hall–Kier alpha value is -3.20. The highest BCUT2D eigenvalue weighted by Gasteiger charge is 2.26. The first-order valence-corrected chi connectivity index (χ1v) is 8.99. The Morgan fingerprint density at radius 3 is 2.45 bits per heavy atom. The molecular formula is C19H21ClN4O5. The topological polar surface area (TPSA) is 111 Å². The van der Waals surface area contributed by atoms with Gasteiger partial charge in [0.1, 0.15) is 0 Å². The molecule has 0 saturated carbocycles. The lowest BCUT2D eigenvalue weighted by atomic mass is 10.1. The van der Waals surface area contributed by atoms with Crippen LogP contribution < -0.4 is 5.32 Å². The smallest absolute Gasteiger partial charge is 0.380 e. The number of para-hydroxylation sites is 1. The molecule has 1 heterocycles. The van der Waals surface area contributed by atoms with Crippen molar-refractivity contribution in [1.29, 1.82) is 0 Å². The molecule has 2 rings (SSSR count). The molecule has 0 bridgehead atoms. The number of likely N-dealkylation sites (N-methyl/N-ethyl adjacent to an activating group) is 1. The largest absolute Gasteiger partial charge is 0.450 e. The van der Waals surface area contributed by atoms with Gasteiger partial charge in [0, 0.05) is 19.8 Å². The lowest BCUT2D eigenvalue weighted by molar-refractivity contribution is -0.148. The number of halogens is 1. The lowest BCUT2D eigenvalue weighted by Gasteiger charge is -2.17. The Labute approximate surface area is 172 Å². The summed E-state index contributed by atoms with van der Waals surface area (Å²) in [5.74, 6) is -3.15. The molecule has 0 aliphatic heterocycles. The minimum atomic E-state index is -1.16. The van der Waals surface area contributed by atoms with Crippen LogP contribution in [0.4, 0.5) is 5.69 Å². The fourth-order valence-corrected chi connectivity index (χ4v) is 2.75. The van der Waals surface area contributed by atoms with Crippen LogP contribution in [0.3, 0.4) is 0 Å². The van der Waals surface area contributed by atoms with Crippen LogP contribution in [0.5, 0.6) is 0 Å². The summed E-state index contributed by atoms with van der Waals surface area (Å²) in [6, 6.07) is 6.67. The third kappa shape index (κ3) is 5.41. The number of ether oxygens (including phenoxy) is 1. The number of Topliss-reactive ketones (excluding diaryl/α,β-unsaturated/α-hetero) is 1. The number of carbonyl (C=O) groups is 4. The Bertz CT molecular complexity index is 970. The fraction of sp³-hybridized carbons (Fsp3) is 0.316. The molecule has 0 aliphatic carbocycles. The zero-order chi connectivity index (χ0) is 21.7. The third-order valence-electron chi connectivity index (χ3n) is 4.20. The molecule has 0 saturated heterocycles. The summed E-state index contributed by atoms with van der Waals surface area (Å²) in [6.07, 6.45) is 0. The van der Waals surface area contributed by atoms with Gasteiger partial charge >= 0.3 is 5.97 Å². The van der Waals surface area contributed by atoms with Gasteiger partial charge in [-0.1, -0.05) is 23.7 Å². The summed E-state index contributed by atoms with van der Waals surface area (Å²) in [5, 5.41) is 7.01. The fourth-order valence-electron chi connectivity index (χ4n) is 2.56. The van der Waals surface area contributed by atoms with E-state index in [-0.39, 0.29) is 12.1 Å².